The summed E-state index contributed by atoms with van der Waals surface area (Å²) in [6, 6.07) is 3.39. The second kappa shape index (κ2) is 5.67. The van der Waals surface area contributed by atoms with Gasteiger partial charge >= 0.3 is 5.69 Å². The molecule has 0 aliphatic rings. The SMILES string of the molecule is CNCC(O)C(O)c1cccc(F)c1[N+](=O)[O-]. The number of hydrogen-bond acceptors (Lipinski definition) is 5. The maximum Gasteiger partial charge on any atom is 0.310 e. The van der Waals surface area contributed by atoms with Crippen LogP contribution in [0.3, 0.4) is 0 Å². The molecule has 0 bridgehead atoms. The molecule has 0 amide bonds. The van der Waals surface area contributed by atoms with Crippen LogP contribution < -0.4 is 5.32 Å². The summed E-state index contributed by atoms with van der Waals surface area (Å²) in [6.45, 7) is 0.0365. The van der Waals surface area contributed by atoms with Crippen LogP contribution in [-0.4, -0.2) is 34.8 Å². The van der Waals surface area contributed by atoms with Crippen molar-refractivity contribution in [1.82, 2.24) is 5.32 Å². The van der Waals surface area contributed by atoms with E-state index in [4.69, 9.17) is 0 Å². The Hall–Kier alpha value is -1.57. The normalized spacial score (nSPS) is 14.4. The Labute approximate surface area is 96.8 Å². The lowest BCUT2D eigenvalue weighted by atomic mass is 10.0. The van der Waals surface area contributed by atoms with E-state index in [1.807, 2.05) is 0 Å². The lowest BCUT2D eigenvalue weighted by molar-refractivity contribution is -0.389. The van der Waals surface area contributed by atoms with Crippen LogP contribution in [0.5, 0.6) is 0 Å². The van der Waals surface area contributed by atoms with Crippen molar-refractivity contribution >= 4 is 5.69 Å². The van der Waals surface area contributed by atoms with Crippen molar-refractivity contribution in [1.29, 1.82) is 0 Å². The second-order valence-electron chi connectivity index (χ2n) is 3.50. The molecule has 1 aromatic carbocycles. The fourth-order valence-corrected chi connectivity index (χ4v) is 1.49. The van der Waals surface area contributed by atoms with E-state index in [2.05, 4.69) is 5.32 Å². The minimum absolute atomic E-state index is 0.0365. The number of benzene rings is 1. The summed E-state index contributed by atoms with van der Waals surface area (Å²) < 4.78 is 13.3. The predicted molar refractivity (Wildman–Crippen MR) is 57.9 cm³/mol. The number of aliphatic hydroxyl groups excluding tert-OH is 2. The van der Waals surface area contributed by atoms with Gasteiger partial charge in [0.1, 0.15) is 6.10 Å². The van der Waals surface area contributed by atoms with Gasteiger partial charge in [-0.05, 0) is 19.2 Å². The number of nitro groups is 1. The van der Waals surface area contributed by atoms with Crippen molar-refractivity contribution in [3.8, 4) is 0 Å². The summed E-state index contributed by atoms with van der Waals surface area (Å²) >= 11 is 0. The minimum atomic E-state index is -1.52. The molecule has 0 heterocycles. The lowest BCUT2D eigenvalue weighted by Crippen LogP contribution is -2.30. The van der Waals surface area contributed by atoms with Crippen LogP contribution in [0.4, 0.5) is 10.1 Å². The third-order valence-corrected chi connectivity index (χ3v) is 2.30. The van der Waals surface area contributed by atoms with Crippen LogP contribution in [0.25, 0.3) is 0 Å². The van der Waals surface area contributed by atoms with E-state index in [1.54, 1.807) is 7.05 Å². The van der Waals surface area contributed by atoms with E-state index < -0.39 is 28.6 Å². The summed E-state index contributed by atoms with van der Waals surface area (Å²) in [5.74, 6) is -1.04. The lowest BCUT2D eigenvalue weighted by Gasteiger charge is -2.17. The molecule has 0 aliphatic carbocycles. The van der Waals surface area contributed by atoms with Crippen molar-refractivity contribution in [3.05, 3.63) is 39.7 Å². The average Bonchev–Trinajstić information content (AvgIpc) is 2.27. The Morgan fingerprint density at radius 3 is 2.71 bits per heavy atom. The number of nitro benzene ring substituents is 1. The summed E-state index contributed by atoms with van der Waals surface area (Å²) in [5, 5.41) is 32.5. The molecular weight excluding hydrogens is 231 g/mol. The van der Waals surface area contributed by atoms with Crippen molar-refractivity contribution in [2.75, 3.05) is 13.6 Å². The van der Waals surface area contributed by atoms with Gasteiger partial charge in [0.05, 0.1) is 16.6 Å². The Morgan fingerprint density at radius 1 is 1.53 bits per heavy atom. The molecule has 0 fully saturated rings. The topological polar surface area (TPSA) is 95.6 Å². The van der Waals surface area contributed by atoms with Crippen LogP contribution in [0.1, 0.15) is 11.7 Å². The second-order valence-corrected chi connectivity index (χ2v) is 3.50. The van der Waals surface area contributed by atoms with Gasteiger partial charge < -0.3 is 15.5 Å². The van der Waals surface area contributed by atoms with Gasteiger partial charge in [0.15, 0.2) is 0 Å². The van der Waals surface area contributed by atoms with Gasteiger partial charge in [-0.2, -0.15) is 4.39 Å². The van der Waals surface area contributed by atoms with Crippen LogP contribution in [0.15, 0.2) is 18.2 Å². The number of nitrogens with one attached hydrogen (secondary N) is 1. The Bertz CT molecular complexity index is 413. The number of likely N-dealkylation sites (N-methyl/N-ethyl adjacent to an activating group) is 1. The summed E-state index contributed by atoms with van der Waals surface area (Å²) in [5.41, 5.74) is -1.05. The maximum atomic E-state index is 13.3. The van der Waals surface area contributed by atoms with Gasteiger partial charge in [0.2, 0.25) is 5.82 Å². The van der Waals surface area contributed by atoms with E-state index in [-0.39, 0.29) is 12.1 Å². The van der Waals surface area contributed by atoms with Crippen LogP contribution in [-0.2, 0) is 0 Å². The highest BCUT2D eigenvalue weighted by Crippen LogP contribution is 2.29. The van der Waals surface area contributed by atoms with E-state index in [0.717, 1.165) is 6.07 Å². The standard InChI is InChI=1S/C10H13FN2O4/c1-12-5-8(14)10(15)6-3-2-4-7(11)9(6)13(16)17/h2-4,8,10,12,14-15H,5H2,1H3. The molecule has 0 saturated carbocycles. The van der Waals surface area contributed by atoms with Gasteiger partial charge in [-0.3, -0.25) is 10.1 Å². The molecule has 0 aliphatic heterocycles. The number of halogens is 1. The molecule has 0 spiro atoms. The molecule has 1 aromatic rings. The molecule has 7 heteroatoms. The molecule has 0 saturated heterocycles. The average molecular weight is 244 g/mol. The number of para-hydroxylation sites is 1. The fourth-order valence-electron chi connectivity index (χ4n) is 1.49. The Morgan fingerprint density at radius 2 is 2.18 bits per heavy atom. The van der Waals surface area contributed by atoms with Gasteiger partial charge in [0, 0.05) is 6.54 Å². The van der Waals surface area contributed by atoms with Crippen molar-refractivity contribution in [3.63, 3.8) is 0 Å². The van der Waals surface area contributed by atoms with Gasteiger partial charge in [-0.25, -0.2) is 0 Å². The van der Waals surface area contributed by atoms with E-state index >= 15 is 0 Å². The molecule has 17 heavy (non-hydrogen) atoms. The first-order valence-corrected chi connectivity index (χ1v) is 4.92. The predicted octanol–water partition coefficient (Wildman–Crippen LogP) is 0.348. The summed E-state index contributed by atoms with van der Waals surface area (Å²) in [4.78, 5) is 9.77. The van der Waals surface area contributed by atoms with Gasteiger partial charge in [-0.1, -0.05) is 6.07 Å². The third kappa shape index (κ3) is 2.96. The van der Waals surface area contributed by atoms with Crippen LogP contribution in [0.2, 0.25) is 0 Å². The molecule has 2 atom stereocenters. The summed E-state index contributed by atoms with van der Waals surface area (Å²) in [6.07, 6.45) is -2.76. The highest BCUT2D eigenvalue weighted by atomic mass is 19.1. The molecular formula is C10H13FN2O4. The molecule has 3 N–H and O–H groups in total. The first kappa shape index (κ1) is 13.5. The molecule has 0 radical (unpaired) electrons. The van der Waals surface area contributed by atoms with Crippen molar-refractivity contribution < 1.29 is 19.5 Å². The van der Waals surface area contributed by atoms with E-state index in [1.165, 1.54) is 12.1 Å². The first-order chi connectivity index (χ1) is 7.99. The van der Waals surface area contributed by atoms with Crippen molar-refractivity contribution in [2.45, 2.75) is 12.2 Å². The minimum Gasteiger partial charge on any atom is -0.389 e. The number of aliphatic hydroxyl groups is 2. The molecule has 1 rings (SSSR count). The zero-order valence-electron chi connectivity index (χ0n) is 9.13. The number of hydrogen-bond donors (Lipinski definition) is 3. The maximum absolute atomic E-state index is 13.3. The monoisotopic (exact) mass is 244 g/mol. The van der Waals surface area contributed by atoms with Gasteiger partial charge in [-0.15, -0.1) is 0 Å². The highest BCUT2D eigenvalue weighted by molar-refractivity contribution is 5.43. The molecule has 94 valence electrons. The first-order valence-electron chi connectivity index (χ1n) is 4.92. The van der Waals surface area contributed by atoms with Gasteiger partial charge in [0.25, 0.3) is 0 Å². The number of rotatable bonds is 5. The largest absolute Gasteiger partial charge is 0.389 e. The highest BCUT2D eigenvalue weighted by Gasteiger charge is 2.28. The Kier molecular flexibility index (Phi) is 4.50. The Balaban J connectivity index is 3.13. The molecule has 6 nitrogen and oxygen atoms in total. The van der Waals surface area contributed by atoms with Crippen molar-refractivity contribution in [2.24, 2.45) is 0 Å². The zero-order chi connectivity index (χ0) is 13.0. The van der Waals surface area contributed by atoms with Crippen LogP contribution >= 0.6 is 0 Å². The summed E-state index contributed by atoms with van der Waals surface area (Å²) in [7, 11) is 1.55. The fraction of sp³-hybridized carbons (Fsp3) is 0.400. The third-order valence-electron chi connectivity index (χ3n) is 2.30. The van der Waals surface area contributed by atoms with E-state index in [9.17, 15) is 24.7 Å². The number of nitrogens with zero attached hydrogens (tertiary/aromatic N) is 1. The molecule has 0 aromatic heterocycles. The van der Waals surface area contributed by atoms with E-state index in [0.29, 0.717) is 0 Å². The zero-order valence-corrected chi connectivity index (χ0v) is 9.13. The quantitative estimate of drug-likeness (QED) is 0.513. The van der Waals surface area contributed by atoms with Crippen LogP contribution in [0, 0.1) is 15.9 Å². The molecule has 2 unspecified atom stereocenters. The smallest absolute Gasteiger partial charge is 0.310 e.